The van der Waals surface area contributed by atoms with Gasteiger partial charge in [-0.25, -0.2) is 0 Å². The smallest absolute Gasteiger partial charge is 0.237 e. The highest BCUT2D eigenvalue weighted by molar-refractivity contribution is 5.81. The van der Waals surface area contributed by atoms with Crippen LogP contribution in [0, 0.1) is 5.92 Å². The van der Waals surface area contributed by atoms with Crippen molar-refractivity contribution in [2.45, 2.75) is 32.4 Å². The van der Waals surface area contributed by atoms with Crippen LogP contribution in [0.25, 0.3) is 0 Å². The van der Waals surface area contributed by atoms with Crippen LogP contribution in [0.4, 0.5) is 0 Å². The van der Waals surface area contributed by atoms with Crippen LogP contribution in [0.15, 0.2) is 18.2 Å². The van der Waals surface area contributed by atoms with Gasteiger partial charge in [0.25, 0.3) is 0 Å². The maximum Gasteiger partial charge on any atom is 0.237 e. The minimum absolute atomic E-state index is 0.0636. The first-order valence-electron chi connectivity index (χ1n) is 7.32. The summed E-state index contributed by atoms with van der Waals surface area (Å²) >= 11 is 0. The molecule has 0 heterocycles. The van der Waals surface area contributed by atoms with Crippen molar-refractivity contribution in [3.63, 3.8) is 0 Å². The number of carbonyl (C=O) groups is 1. The Morgan fingerprint density at radius 3 is 2.55 bits per heavy atom. The molecular formula is C16H26N2O4. The molecule has 22 heavy (non-hydrogen) atoms. The molecule has 6 nitrogen and oxygen atoms in total. The van der Waals surface area contributed by atoms with E-state index in [4.69, 9.17) is 15.2 Å². The van der Waals surface area contributed by atoms with Gasteiger partial charge in [0.05, 0.1) is 26.4 Å². The lowest BCUT2D eigenvalue weighted by molar-refractivity contribution is -0.123. The first-order chi connectivity index (χ1) is 10.4. The predicted octanol–water partition coefficient (Wildman–Crippen LogP) is 1.23. The predicted molar refractivity (Wildman–Crippen MR) is 84.9 cm³/mol. The summed E-state index contributed by atoms with van der Waals surface area (Å²) in [5, 5.41) is 12.9. The van der Waals surface area contributed by atoms with E-state index in [1.807, 2.05) is 13.8 Å². The third kappa shape index (κ3) is 5.20. The van der Waals surface area contributed by atoms with E-state index in [0.29, 0.717) is 29.4 Å². The maximum atomic E-state index is 11.9. The minimum Gasteiger partial charge on any atom is -0.497 e. The van der Waals surface area contributed by atoms with Crippen molar-refractivity contribution in [1.82, 2.24) is 5.32 Å². The van der Waals surface area contributed by atoms with Gasteiger partial charge >= 0.3 is 0 Å². The van der Waals surface area contributed by atoms with Gasteiger partial charge in [-0.1, -0.05) is 13.8 Å². The van der Waals surface area contributed by atoms with Crippen LogP contribution in [-0.2, 0) is 4.79 Å². The molecule has 0 bridgehead atoms. The van der Waals surface area contributed by atoms with Crippen molar-refractivity contribution in [3.8, 4) is 11.5 Å². The van der Waals surface area contributed by atoms with Crippen LogP contribution in [0.1, 0.15) is 31.9 Å². The van der Waals surface area contributed by atoms with Crippen molar-refractivity contribution >= 4 is 5.91 Å². The van der Waals surface area contributed by atoms with E-state index in [1.165, 1.54) is 7.11 Å². The standard InChI is InChI=1S/C16H26N2O4/c1-10(2)7-13(17)16(20)18-9-14(19)12-8-11(21-3)5-6-15(12)22-4/h5-6,8,10,13-14,19H,7,9,17H2,1-4H3,(H,18,20)/t13-,14?/m0/s1. The number of nitrogens with one attached hydrogen (secondary N) is 1. The van der Waals surface area contributed by atoms with Gasteiger partial charge in [-0.3, -0.25) is 4.79 Å². The quantitative estimate of drug-likeness (QED) is 0.671. The maximum absolute atomic E-state index is 11.9. The number of aliphatic hydroxyl groups excluding tert-OH is 1. The molecule has 6 heteroatoms. The normalized spacial score (nSPS) is 13.6. The Morgan fingerprint density at radius 1 is 1.32 bits per heavy atom. The lowest BCUT2D eigenvalue weighted by Crippen LogP contribution is -2.42. The molecule has 0 aliphatic carbocycles. The average Bonchev–Trinajstić information content (AvgIpc) is 2.50. The molecular weight excluding hydrogens is 284 g/mol. The fourth-order valence-corrected chi connectivity index (χ4v) is 2.15. The van der Waals surface area contributed by atoms with Gasteiger partial charge in [-0.15, -0.1) is 0 Å². The second-order valence-corrected chi connectivity index (χ2v) is 5.60. The van der Waals surface area contributed by atoms with E-state index < -0.39 is 12.1 Å². The fraction of sp³-hybridized carbons (Fsp3) is 0.562. The SMILES string of the molecule is COc1ccc(OC)c(C(O)CNC(=O)[C@@H](N)CC(C)C)c1. The summed E-state index contributed by atoms with van der Waals surface area (Å²) in [5.41, 5.74) is 6.36. The average molecular weight is 310 g/mol. The van der Waals surface area contributed by atoms with Gasteiger partial charge in [-0.2, -0.15) is 0 Å². The molecule has 4 N–H and O–H groups in total. The molecule has 2 atom stereocenters. The number of hydrogen-bond donors (Lipinski definition) is 3. The molecule has 1 rings (SSSR count). The van der Waals surface area contributed by atoms with Gasteiger partial charge in [0.2, 0.25) is 5.91 Å². The number of methoxy groups -OCH3 is 2. The summed E-state index contributed by atoms with van der Waals surface area (Å²) in [5.74, 6) is 1.21. The topological polar surface area (TPSA) is 93.8 Å². The van der Waals surface area contributed by atoms with Gasteiger partial charge in [0.1, 0.15) is 11.5 Å². The number of hydrogen-bond acceptors (Lipinski definition) is 5. The number of carbonyl (C=O) groups excluding carboxylic acids is 1. The van der Waals surface area contributed by atoms with E-state index in [9.17, 15) is 9.90 Å². The van der Waals surface area contributed by atoms with Crippen molar-refractivity contribution < 1.29 is 19.4 Å². The monoisotopic (exact) mass is 310 g/mol. The molecule has 1 unspecified atom stereocenters. The zero-order chi connectivity index (χ0) is 16.7. The molecule has 1 aromatic rings. The second-order valence-electron chi connectivity index (χ2n) is 5.60. The van der Waals surface area contributed by atoms with Crippen LogP contribution in [0.5, 0.6) is 11.5 Å². The number of aliphatic hydroxyl groups is 1. The first kappa shape index (κ1) is 18.3. The molecule has 0 saturated carbocycles. The molecule has 0 radical (unpaired) electrons. The van der Waals surface area contributed by atoms with E-state index in [1.54, 1.807) is 25.3 Å². The van der Waals surface area contributed by atoms with Crippen LogP contribution in [0.3, 0.4) is 0 Å². The lowest BCUT2D eigenvalue weighted by Gasteiger charge is -2.18. The highest BCUT2D eigenvalue weighted by Gasteiger charge is 2.19. The second kappa shape index (κ2) is 8.60. The molecule has 1 aromatic carbocycles. The van der Waals surface area contributed by atoms with E-state index >= 15 is 0 Å². The molecule has 124 valence electrons. The summed E-state index contributed by atoms with van der Waals surface area (Å²) in [6.07, 6.45) is -0.301. The summed E-state index contributed by atoms with van der Waals surface area (Å²) in [6.45, 7) is 4.07. The third-order valence-electron chi connectivity index (χ3n) is 3.33. The highest BCUT2D eigenvalue weighted by Crippen LogP contribution is 2.29. The Morgan fingerprint density at radius 2 is 2.00 bits per heavy atom. The Kier molecular flexibility index (Phi) is 7.14. The number of ether oxygens (including phenoxy) is 2. The molecule has 0 spiro atoms. The fourth-order valence-electron chi connectivity index (χ4n) is 2.15. The highest BCUT2D eigenvalue weighted by atomic mass is 16.5. The molecule has 0 saturated heterocycles. The van der Waals surface area contributed by atoms with E-state index in [2.05, 4.69) is 5.32 Å². The Hall–Kier alpha value is -1.79. The summed E-state index contributed by atoms with van der Waals surface area (Å²) in [4.78, 5) is 11.9. The van der Waals surface area contributed by atoms with Gasteiger partial charge in [0, 0.05) is 12.1 Å². The zero-order valence-corrected chi connectivity index (χ0v) is 13.6. The number of rotatable bonds is 8. The summed E-state index contributed by atoms with van der Waals surface area (Å²) < 4.78 is 10.4. The molecule has 0 aliphatic heterocycles. The van der Waals surface area contributed by atoms with Crippen molar-refractivity contribution in [3.05, 3.63) is 23.8 Å². The Labute approximate surface area is 131 Å². The summed E-state index contributed by atoms with van der Waals surface area (Å²) in [7, 11) is 3.07. The first-order valence-corrected chi connectivity index (χ1v) is 7.32. The van der Waals surface area contributed by atoms with E-state index in [0.717, 1.165) is 0 Å². The van der Waals surface area contributed by atoms with Crippen molar-refractivity contribution in [2.24, 2.45) is 11.7 Å². The van der Waals surface area contributed by atoms with E-state index in [-0.39, 0.29) is 12.5 Å². The minimum atomic E-state index is -0.903. The molecule has 1 amide bonds. The number of benzene rings is 1. The largest absolute Gasteiger partial charge is 0.497 e. The number of amides is 1. The molecule has 0 aliphatic rings. The summed E-state index contributed by atoms with van der Waals surface area (Å²) in [6, 6.07) is 4.57. The molecule has 0 aromatic heterocycles. The van der Waals surface area contributed by atoms with Gasteiger partial charge < -0.3 is 25.6 Å². The van der Waals surface area contributed by atoms with Crippen LogP contribution < -0.4 is 20.5 Å². The van der Waals surface area contributed by atoms with Crippen LogP contribution in [0.2, 0.25) is 0 Å². The van der Waals surface area contributed by atoms with Gasteiger partial charge in [0.15, 0.2) is 0 Å². The van der Waals surface area contributed by atoms with Crippen LogP contribution >= 0.6 is 0 Å². The van der Waals surface area contributed by atoms with Gasteiger partial charge in [-0.05, 0) is 30.5 Å². The zero-order valence-electron chi connectivity index (χ0n) is 13.6. The van der Waals surface area contributed by atoms with Crippen molar-refractivity contribution in [2.75, 3.05) is 20.8 Å². The Bertz CT molecular complexity index is 491. The molecule has 0 fully saturated rings. The third-order valence-corrected chi connectivity index (χ3v) is 3.33. The van der Waals surface area contributed by atoms with Crippen LogP contribution in [-0.4, -0.2) is 37.8 Å². The lowest BCUT2D eigenvalue weighted by atomic mass is 10.0. The van der Waals surface area contributed by atoms with Crippen molar-refractivity contribution in [1.29, 1.82) is 0 Å². The number of nitrogens with two attached hydrogens (primary N) is 1. The Balaban J connectivity index is 2.69.